The van der Waals surface area contributed by atoms with Gasteiger partial charge in [-0.3, -0.25) is 4.98 Å². The topological polar surface area (TPSA) is 41.6 Å². The van der Waals surface area contributed by atoms with Crippen molar-refractivity contribution in [2.75, 3.05) is 0 Å². The molecule has 0 aliphatic rings. The van der Waals surface area contributed by atoms with Gasteiger partial charge < -0.3 is 4.98 Å². The summed E-state index contributed by atoms with van der Waals surface area (Å²) in [5.41, 5.74) is 4.44. The van der Waals surface area contributed by atoms with E-state index < -0.39 is 0 Å². The van der Waals surface area contributed by atoms with Crippen molar-refractivity contribution in [2.45, 2.75) is 19.3 Å². The van der Waals surface area contributed by atoms with Gasteiger partial charge in [-0.15, -0.1) is 0 Å². The van der Waals surface area contributed by atoms with E-state index in [2.05, 4.69) is 27.1 Å². The summed E-state index contributed by atoms with van der Waals surface area (Å²) in [5.74, 6) is 0.143. The van der Waals surface area contributed by atoms with Crippen LogP contribution in [0.15, 0.2) is 55.2 Å². The number of pyridine rings is 1. The van der Waals surface area contributed by atoms with Gasteiger partial charge in [0.2, 0.25) is 0 Å². The Balaban J connectivity index is 2.03. The van der Waals surface area contributed by atoms with Crippen LogP contribution in [0.1, 0.15) is 28.3 Å². The number of rotatable bonds is 4. The first-order chi connectivity index (χ1) is 10.3. The molecule has 0 fully saturated rings. The third kappa shape index (κ3) is 2.98. The van der Waals surface area contributed by atoms with Gasteiger partial charge in [-0.25, -0.2) is 4.98 Å². The maximum Gasteiger partial charge on any atom is 0.0921 e. The fourth-order valence-corrected chi connectivity index (χ4v) is 2.80. The summed E-state index contributed by atoms with van der Waals surface area (Å²) in [7, 11) is 0. The van der Waals surface area contributed by atoms with Crippen molar-refractivity contribution in [3.63, 3.8) is 0 Å². The number of hydrogen-bond acceptors (Lipinski definition) is 2. The van der Waals surface area contributed by atoms with Crippen molar-refractivity contribution in [2.24, 2.45) is 0 Å². The molecule has 3 rings (SSSR count). The zero-order valence-corrected chi connectivity index (χ0v) is 12.5. The Morgan fingerprint density at radius 3 is 2.76 bits per heavy atom. The van der Waals surface area contributed by atoms with Crippen LogP contribution >= 0.6 is 11.6 Å². The lowest BCUT2D eigenvalue weighted by molar-refractivity contribution is 0.776. The van der Waals surface area contributed by atoms with Crippen molar-refractivity contribution in [3.05, 3.63) is 82.7 Å². The van der Waals surface area contributed by atoms with Crippen LogP contribution < -0.4 is 0 Å². The summed E-state index contributed by atoms with van der Waals surface area (Å²) < 4.78 is 0. The fraction of sp³-hybridized carbons (Fsp3) is 0.176. The number of aromatic amines is 1. The molecular weight excluding hydrogens is 282 g/mol. The Bertz CT molecular complexity index is 708. The number of nitrogens with zero attached hydrogens (tertiary/aromatic N) is 2. The van der Waals surface area contributed by atoms with Gasteiger partial charge in [0, 0.05) is 35.2 Å². The molecule has 1 N–H and O–H groups in total. The molecule has 1 aromatic carbocycles. The van der Waals surface area contributed by atoms with Crippen LogP contribution in [0.5, 0.6) is 0 Å². The maximum atomic E-state index is 6.52. The highest BCUT2D eigenvalue weighted by Crippen LogP contribution is 2.33. The van der Waals surface area contributed by atoms with E-state index in [0.29, 0.717) is 0 Å². The Hall–Kier alpha value is -2.13. The third-order valence-corrected chi connectivity index (χ3v) is 4.17. The lowest BCUT2D eigenvalue weighted by Crippen LogP contribution is -2.07. The molecular formula is C17H16ClN3. The minimum Gasteiger partial charge on any atom is -0.348 e. The first-order valence-electron chi connectivity index (χ1n) is 6.88. The molecule has 0 radical (unpaired) electrons. The summed E-state index contributed by atoms with van der Waals surface area (Å²) >= 11 is 6.52. The van der Waals surface area contributed by atoms with Gasteiger partial charge in [0.25, 0.3) is 0 Å². The number of halogens is 1. The number of aryl methyl sites for hydroxylation is 1. The second kappa shape index (κ2) is 6.10. The Labute approximate surface area is 129 Å². The minimum atomic E-state index is 0.143. The molecule has 106 valence electrons. The van der Waals surface area contributed by atoms with Crippen molar-refractivity contribution >= 4 is 11.6 Å². The molecule has 0 unspecified atom stereocenters. The van der Waals surface area contributed by atoms with Gasteiger partial charge in [0.1, 0.15) is 0 Å². The monoisotopic (exact) mass is 297 g/mol. The third-order valence-electron chi connectivity index (χ3n) is 3.65. The number of H-pyrrole nitrogens is 1. The number of nitrogens with one attached hydrogen (secondary N) is 1. The van der Waals surface area contributed by atoms with Crippen LogP contribution in [-0.2, 0) is 6.42 Å². The average molecular weight is 298 g/mol. The zero-order valence-electron chi connectivity index (χ0n) is 11.8. The first kappa shape index (κ1) is 13.8. The molecule has 0 bridgehead atoms. The number of imidazole rings is 1. The molecule has 4 heteroatoms. The van der Waals surface area contributed by atoms with Crippen molar-refractivity contribution in [1.29, 1.82) is 0 Å². The standard InChI is InChI=1S/C17H16ClN3/c1-12-4-2-6-14(17(12)18)15(16-10-20-11-21-16)8-13-5-3-7-19-9-13/h2-7,9-11,15H,8H2,1H3,(H,20,21)/t15-/m1/s1. The van der Waals surface area contributed by atoms with Gasteiger partial charge in [-0.05, 0) is 36.1 Å². The maximum absolute atomic E-state index is 6.52. The largest absolute Gasteiger partial charge is 0.348 e. The Morgan fingerprint density at radius 2 is 2.05 bits per heavy atom. The van der Waals surface area contributed by atoms with Crippen molar-refractivity contribution < 1.29 is 0 Å². The normalized spacial score (nSPS) is 12.3. The van der Waals surface area contributed by atoms with E-state index in [1.807, 2.05) is 37.5 Å². The second-order valence-electron chi connectivity index (χ2n) is 5.10. The average Bonchev–Trinajstić information content (AvgIpc) is 3.03. The molecule has 2 heterocycles. The highest BCUT2D eigenvalue weighted by molar-refractivity contribution is 6.32. The van der Waals surface area contributed by atoms with Crippen LogP contribution in [-0.4, -0.2) is 15.0 Å². The molecule has 0 amide bonds. The van der Waals surface area contributed by atoms with Crippen LogP contribution in [0.4, 0.5) is 0 Å². The van der Waals surface area contributed by atoms with E-state index in [0.717, 1.165) is 28.3 Å². The second-order valence-corrected chi connectivity index (χ2v) is 5.48. The van der Waals surface area contributed by atoms with Crippen LogP contribution in [0.3, 0.4) is 0 Å². The Kier molecular flexibility index (Phi) is 4.02. The number of benzene rings is 1. The van der Waals surface area contributed by atoms with Crippen molar-refractivity contribution in [3.8, 4) is 0 Å². The fourth-order valence-electron chi connectivity index (χ4n) is 2.54. The van der Waals surface area contributed by atoms with Crippen molar-refractivity contribution in [1.82, 2.24) is 15.0 Å². The lowest BCUT2D eigenvalue weighted by Gasteiger charge is -2.18. The molecule has 0 saturated heterocycles. The van der Waals surface area contributed by atoms with Crippen LogP contribution in [0.2, 0.25) is 5.02 Å². The predicted octanol–water partition coefficient (Wildman–Crippen LogP) is 4.14. The highest BCUT2D eigenvalue weighted by Gasteiger charge is 2.19. The van der Waals surface area contributed by atoms with E-state index in [-0.39, 0.29) is 5.92 Å². The van der Waals surface area contributed by atoms with E-state index in [1.54, 1.807) is 12.5 Å². The number of aromatic nitrogens is 3. The summed E-state index contributed by atoms with van der Waals surface area (Å²) in [4.78, 5) is 11.6. The van der Waals surface area contributed by atoms with Gasteiger partial charge in [0.05, 0.1) is 6.33 Å². The number of hydrogen-bond donors (Lipinski definition) is 1. The molecule has 0 saturated carbocycles. The highest BCUT2D eigenvalue weighted by atomic mass is 35.5. The molecule has 0 aliphatic heterocycles. The molecule has 3 nitrogen and oxygen atoms in total. The zero-order chi connectivity index (χ0) is 14.7. The van der Waals surface area contributed by atoms with Gasteiger partial charge >= 0.3 is 0 Å². The van der Waals surface area contributed by atoms with E-state index in [1.165, 1.54) is 5.56 Å². The minimum absolute atomic E-state index is 0.143. The van der Waals surface area contributed by atoms with Gasteiger partial charge in [-0.2, -0.15) is 0 Å². The van der Waals surface area contributed by atoms with Gasteiger partial charge in [-0.1, -0.05) is 35.9 Å². The summed E-state index contributed by atoms with van der Waals surface area (Å²) in [6.07, 6.45) is 8.08. The quantitative estimate of drug-likeness (QED) is 0.786. The van der Waals surface area contributed by atoms with E-state index in [9.17, 15) is 0 Å². The van der Waals surface area contributed by atoms with Crippen LogP contribution in [0.25, 0.3) is 0 Å². The van der Waals surface area contributed by atoms with Crippen LogP contribution in [0, 0.1) is 6.92 Å². The predicted molar refractivity (Wildman–Crippen MR) is 84.6 cm³/mol. The summed E-state index contributed by atoms with van der Waals surface area (Å²) in [6, 6.07) is 10.2. The molecule has 1 atom stereocenters. The molecule has 3 aromatic rings. The van der Waals surface area contributed by atoms with E-state index >= 15 is 0 Å². The molecule has 0 spiro atoms. The molecule has 2 aromatic heterocycles. The summed E-state index contributed by atoms with van der Waals surface area (Å²) in [5, 5.41) is 0.820. The molecule has 0 aliphatic carbocycles. The van der Waals surface area contributed by atoms with Gasteiger partial charge in [0.15, 0.2) is 0 Å². The smallest absolute Gasteiger partial charge is 0.0921 e. The SMILES string of the molecule is Cc1cccc([C@@H](Cc2cccnc2)c2cnc[nH]2)c1Cl. The summed E-state index contributed by atoms with van der Waals surface area (Å²) in [6.45, 7) is 2.03. The Morgan fingerprint density at radius 1 is 1.14 bits per heavy atom. The van der Waals surface area contributed by atoms with E-state index in [4.69, 9.17) is 11.6 Å². The molecule has 21 heavy (non-hydrogen) atoms. The lowest BCUT2D eigenvalue weighted by atomic mass is 9.89. The first-order valence-corrected chi connectivity index (χ1v) is 7.25.